The van der Waals surface area contributed by atoms with Crippen LogP contribution < -0.4 is 14.9 Å². The van der Waals surface area contributed by atoms with Crippen molar-refractivity contribution in [3.05, 3.63) is 140 Å². The molecule has 2 heterocycles. The smallest absolute Gasteiger partial charge is 0.356 e. The molecule has 0 saturated carbocycles. The molecule has 24 nitrogen and oxygen atoms in total. The van der Waals surface area contributed by atoms with Crippen LogP contribution in [0, 0.1) is 23.2 Å². The van der Waals surface area contributed by atoms with Gasteiger partial charge >= 0.3 is 5.96 Å². The summed E-state index contributed by atoms with van der Waals surface area (Å²) in [7, 11) is 9.54. The molecule has 27 heteroatoms. The van der Waals surface area contributed by atoms with Gasteiger partial charge in [-0.05, 0) is 109 Å². The van der Waals surface area contributed by atoms with Gasteiger partial charge in [-0.25, -0.2) is 5.43 Å². The van der Waals surface area contributed by atoms with Crippen molar-refractivity contribution in [1.82, 2.24) is 30.4 Å². The minimum absolute atomic E-state index is 0.00930. The Bertz CT molecular complexity index is 3330. The zero-order valence-electron chi connectivity index (χ0n) is 52.7. The fraction of sp³-hybridized carbons (Fsp3) is 0.525. The number of carbonyl (C=O) groups excluding carboxylic acids is 4. The van der Waals surface area contributed by atoms with Crippen molar-refractivity contribution in [3.8, 4) is 17.8 Å². The van der Waals surface area contributed by atoms with Crippen LogP contribution in [0.3, 0.4) is 0 Å². The number of rotatable bonds is 14. The predicted octanol–water partition coefficient (Wildman–Crippen LogP) is 11.1. The van der Waals surface area contributed by atoms with Crippen molar-refractivity contribution in [2.24, 2.45) is 22.2 Å². The molecule has 0 spiro atoms. The van der Waals surface area contributed by atoms with Crippen LogP contribution in [-0.2, 0) is 31.7 Å². The Labute approximate surface area is 514 Å². The first-order valence-electron chi connectivity index (χ1n) is 27.8. The number of guanidine groups is 1. The van der Waals surface area contributed by atoms with Crippen molar-refractivity contribution >= 4 is 61.7 Å². The Kier molecular flexibility index (Phi) is 22.7. The SMILES string of the molecule is CC#N.CN(C)C(NN=[N+]=[N-])=[N+](C)C.CN(C)[C@@H]1c2onc(OCc3ccccc3)c2C(=O)[C@@]2(O[Si](C)(C)C(C)(C)C)C(=O)C=C[C@@H](Br)[C@@H]12.CN(C)[C@@H]1c2onc(OCc3ccccc3)c2C(=O)[C@@]2(O[Si](C)(C)C(C)(C)C)C(=O)C=C[C@H](N=[N+]=[N-])[C@@H]12. The quantitative estimate of drug-likeness (QED) is 0.0117. The molecule has 4 aliphatic carbocycles. The molecule has 4 aromatic rings. The lowest BCUT2D eigenvalue weighted by atomic mass is 9.63. The maximum Gasteiger partial charge on any atom is 0.356 e. The number of fused-ring (bicyclic) bond motifs is 4. The zero-order valence-corrected chi connectivity index (χ0v) is 56.3. The van der Waals surface area contributed by atoms with Gasteiger partial charge in [0.2, 0.25) is 11.6 Å². The minimum atomic E-state index is -2.72. The Balaban J connectivity index is 0.000000258. The number of Topliss-reactive ketones (excluding diaryl/α,β-unsaturated/α-hetero) is 2. The highest BCUT2D eigenvalue weighted by Crippen LogP contribution is 2.57. The van der Waals surface area contributed by atoms with Crippen molar-refractivity contribution in [2.75, 3.05) is 56.4 Å². The zero-order chi connectivity index (χ0) is 64.5. The van der Waals surface area contributed by atoms with E-state index in [4.69, 9.17) is 38.2 Å². The van der Waals surface area contributed by atoms with E-state index in [9.17, 15) is 24.7 Å². The average Bonchev–Trinajstić information content (AvgIpc) is 1.14. The number of hydrogen-bond acceptors (Lipinski definition) is 17. The molecule has 0 amide bonds. The number of hydrogen-bond donors (Lipinski definition) is 1. The third-order valence-electron chi connectivity index (χ3n) is 16.2. The molecule has 1 N–H and O–H groups in total. The number of carbonyl (C=O) groups is 4. The van der Waals surface area contributed by atoms with Gasteiger partial charge in [0.1, 0.15) is 24.3 Å². The van der Waals surface area contributed by atoms with Crippen LogP contribution in [0.1, 0.15) is 104 Å². The Morgan fingerprint density at radius 1 is 0.721 bits per heavy atom. The first-order valence-corrected chi connectivity index (χ1v) is 34.5. The number of nitrogens with one attached hydrogen (secondary N) is 1. The van der Waals surface area contributed by atoms with Gasteiger partial charge in [-0.15, -0.1) is 5.53 Å². The highest BCUT2D eigenvalue weighted by Gasteiger charge is 2.69. The number of azide groups is 2. The fourth-order valence-corrected chi connectivity index (χ4v) is 13.8. The van der Waals surface area contributed by atoms with Gasteiger partial charge in [0.05, 0.1) is 52.4 Å². The van der Waals surface area contributed by atoms with Crippen LogP contribution in [0.5, 0.6) is 11.8 Å². The van der Waals surface area contributed by atoms with Crippen LogP contribution in [0.25, 0.3) is 20.9 Å². The van der Waals surface area contributed by atoms with Crippen LogP contribution in [0.2, 0.25) is 36.3 Å². The third kappa shape index (κ3) is 14.3. The number of alkyl halides is 1. The molecule has 2 aromatic heterocycles. The summed E-state index contributed by atoms with van der Waals surface area (Å²) in [5, 5.41) is 22.2. The number of nitriles is 1. The molecule has 86 heavy (non-hydrogen) atoms. The number of benzene rings is 2. The van der Waals surface area contributed by atoms with Gasteiger partial charge < -0.3 is 27.4 Å². The van der Waals surface area contributed by atoms with Gasteiger partial charge in [0.25, 0.3) is 11.8 Å². The Morgan fingerprint density at radius 2 is 1.12 bits per heavy atom. The molecule has 0 radical (unpaired) electrons. The highest BCUT2D eigenvalue weighted by molar-refractivity contribution is 9.09. The van der Waals surface area contributed by atoms with Crippen LogP contribution in [-0.4, -0.2) is 154 Å². The summed E-state index contributed by atoms with van der Waals surface area (Å²) < 4.78 is 38.9. The standard InChI is InChI=1S/C26H33BrN2O5Si.C26H33N5O5Si.C5H12N6.C2H3N/c1-25(2,3)35(6,7)34-26-18(30)14-13-17(27)20(26)21(29(4)5)22-19(23(26)31)24(28-33-22)32-15-16-11-9-8-10-12-16;1-25(2,3)37(6,7)36-26-18(32)14-13-17(28-30-27)20(26)21(31(4)5)22-19(23(26)33)24(29-35-22)34-15-16-11-9-8-10-12-16;1-10(2)5(11(3)4)7-9-8-6;1-2-3/h8-14,17,20-21H,15H2,1-7H3;8-14,17,20-21H,15H2,1-7H3;1-4H3;1H3/p+1/t17-,20+,21+,26-;17-,20-,21-,26+;;/m10../s1. The van der Waals surface area contributed by atoms with Crippen LogP contribution >= 0.6 is 15.9 Å². The van der Waals surface area contributed by atoms with E-state index in [0.29, 0.717) is 5.76 Å². The van der Waals surface area contributed by atoms with E-state index in [0.717, 1.165) is 17.1 Å². The molecular formula is C59H82BrN14O10Si2+. The summed E-state index contributed by atoms with van der Waals surface area (Å²) in [6.07, 6.45) is 6.10. The molecule has 0 aliphatic heterocycles. The molecular weight excluding hydrogens is 1200 g/mol. The number of ketones is 4. The lowest BCUT2D eigenvalue weighted by Gasteiger charge is -2.53. The molecule has 0 saturated heterocycles. The van der Waals surface area contributed by atoms with E-state index in [1.807, 2.05) is 170 Å². The second-order valence-corrected chi connectivity index (χ2v) is 35.5. The Hall–Kier alpha value is -7.25. The van der Waals surface area contributed by atoms with Gasteiger partial charge in [-0.1, -0.05) is 135 Å². The van der Waals surface area contributed by atoms with Gasteiger partial charge in [0, 0.05) is 28.5 Å². The van der Waals surface area contributed by atoms with E-state index >= 15 is 0 Å². The van der Waals surface area contributed by atoms with Gasteiger partial charge in [-0.2, -0.15) is 10.2 Å². The van der Waals surface area contributed by atoms with Crippen molar-refractivity contribution in [2.45, 2.75) is 132 Å². The van der Waals surface area contributed by atoms with E-state index in [1.54, 1.807) is 12.1 Å². The molecule has 0 unspecified atom stereocenters. The lowest BCUT2D eigenvalue weighted by molar-refractivity contribution is -0.472. The van der Waals surface area contributed by atoms with Crippen molar-refractivity contribution in [3.63, 3.8) is 0 Å². The average molecular weight is 1280 g/mol. The van der Waals surface area contributed by atoms with E-state index in [-0.39, 0.29) is 62.5 Å². The monoisotopic (exact) mass is 1280 g/mol. The molecule has 2 aromatic carbocycles. The molecule has 4 aliphatic rings. The summed E-state index contributed by atoms with van der Waals surface area (Å²) >= 11 is 3.73. The summed E-state index contributed by atoms with van der Waals surface area (Å²) in [4.78, 5) is 67.4. The summed E-state index contributed by atoms with van der Waals surface area (Å²) in [5.74, 6) is -1.75. The molecule has 0 bridgehead atoms. The van der Waals surface area contributed by atoms with E-state index in [2.05, 4.69) is 85.7 Å². The van der Waals surface area contributed by atoms with Gasteiger partial charge in [0.15, 0.2) is 50.9 Å². The predicted molar refractivity (Wildman–Crippen MR) is 333 cm³/mol. The normalized spacial score (nSPS) is 22.9. The van der Waals surface area contributed by atoms with Gasteiger partial charge in [-0.3, -0.25) is 38.5 Å². The largest absolute Gasteiger partial charge is 0.470 e. The minimum Gasteiger partial charge on any atom is -0.470 e. The first kappa shape index (κ1) is 69.5. The fourth-order valence-electron chi connectivity index (χ4n) is 10.1. The van der Waals surface area contributed by atoms with E-state index < -0.39 is 75.1 Å². The maximum absolute atomic E-state index is 14.5. The Morgan fingerprint density at radius 3 is 1.48 bits per heavy atom. The van der Waals surface area contributed by atoms with E-state index in [1.165, 1.54) is 25.2 Å². The third-order valence-corrected chi connectivity index (χ3v) is 26.0. The maximum atomic E-state index is 14.5. The number of halogens is 1. The van der Waals surface area contributed by atoms with Crippen LogP contribution in [0.15, 0.2) is 104 Å². The summed E-state index contributed by atoms with van der Waals surface area (Å²) in [5.41, 5.74) is 18.4. The molecule has 8 rings (SSSR count). The first-order chi connectivity index (χ1) is 40.2. The second-order valence-electron chi connectivity index (χ2n) is 24.9. The molecule has 8 atom stereocenters. The molecule has 0 fully saturated rings. The second kappa shape index (κ2) is 28.1. The number of ether oxygens (including phenoxy) is 2. The number of nitrogens with zero attached hydrogens (tertiary/aromatic N) is 13. The highest BCUT2D eigenvalue weighted by atomic mass is 79.9. The topological polar surface area (TPSA) is 303 Å². The number of aromatic nitrogens is 2. The molecule has 462 valence electrons. The van der Waals surface area contributed by atoms with Crippen molar-refractivity contribution in [1.29, 1.82) is 5.26 Å². The van der Waals surface area contributed by atoms with Crippen molar-refractivity contribution < 1.29 is 51.1 Å². The summed E-state index contributed by atoms with van der Waals surface area (Å²) in [6.45, 7) is 22.3. The summed E-state index contributed by atoms with van der Waals surface area (Å²) in [6, 6.07) is 18.9. The number of allylic oxidation sites excluding steroid dienone is 1. The lowest BCUT2D eigenvalue weighted by Crippen LogP contribution is -2.68. The van der Waals surface area contributed by atoms with Crippen LogP contribution in [0.4, 0.5) is 0 Å².